The minimum absolute atomic E-state index is 0.0199. The molecule has 2 N–H and O–H groups in total. The van der Waals surface area contributed by atoms with Crippen molar-refractivity contribution in [3.05, 3.63) is 30.1 Å². The van der Waals surface area contributed by atoms with Gasteiger partial charge in [-0.1, -0.05) is 0 Å². The third kappa shape index (κ3) is 4.42. The van der Waals surface area contributed by atoms with Crippen LogP contribution in [0, 0.1) is 5.92 Å². The number of urea groups is 1. The topological polar surface area (TPSA) is 72.5 Å². The molecule has 1 aliphatic carbocycles. The van der Waals surface area contributed by atoms with Crippen LogP contribution in [0.15, 0.2) is 24.5 Å². The van der Waals surface area contributed by atoms with Crippen LogP contribution < -0.4 is 10.6 Å². The Morgan fingerprint density at radius 1 is 1.39 bits per heavy atom. The number of methoxy groups -OCH3 is 1. The largest absolute Gasteiger partial charge is 0.383 e. The summed E-state index contributed by atoms with van der Waals surface area (Å²) in [5.41, 5.74) is 1.06. The van der Waals surface area contributed by atoms with E-state index in [1.54, 1.807) is 19.5 Å². The number of ether oxygens (including phenoxy) is 2. The van der Waals surface area contributed by atoms with E-state index < -0.39 is 0 Å². The quantitative estimate of drug-likeness (QED) is 0.841. The number of carbonyl (C=O) groups is 1. The van der Waals surface area contributed by atoms with Crippen LogP contribution in [0.3, 0.4) is 0 Å². The van der Waals surface area contributed by atoms with Crippen LogP contribution in [0.2, 0.25) is 0 Å². The van der Waals surface area contributed by atoms with Crippen molar-refractivity contribution >= 4 is 6.03 Å². The fourth-order valence-corrected chi connectivity index (χ4v) is 3.16. The highest BCUT2D eigenvalue weighted by Crippen LogP contribution is 2.33. The van der Waals surface area contributed by atoms with E-state index in [1.165, 1.54) is 12.8 Å². The number of hydrogen-bond donors (Lipinski definition) is 2. The first-order valence-corrected chi connectivity index (χ1v) is 8.35. The molecule has 2 heterocycles. The lowest BCUT2D eigenvalue weighted by molar-refractivity contribution is -0.00767. The Kier molecular flexibility index (Phi) is 5.46. The number of pyridine rings is 1. The zero-order valence-electron chi connectivity index (χ0n) is 13.5. The van der Waals surface area contributed by atoms with E-state index in [4.69, 9.17) is 9.47 Å². The normalized spacial score (nSPS) is 25.6. The minimum atomic E-state index is -0.131. The summed E-state index contributed by atoms with van der Waals surface area (Å²) >= 11 is 0. The van der Waals surface area contributed by atoms with Crippen molar-refractivity contribution in [2.24, 2.45) is 5.92 Å². The van der Waals surface area contributed by atoms with Crippen LogP contribution in [0.4, 0.5) is 4.79 Å². The first kappa shape index (κ1) is 16.2. The molecule has 2 amide bonds. The molecule has 1 saturated heterocycles. The smallest absolute Gasteiger partial charge is 0.315 e. The first-order chi connectivity index (χ1) is 11.3. The zero-order valence-corrected chi connectivity index (χ0v) is 13.5. The van der Waals surface area contributed by atoms with Crippen LogP contribution in [-0.2, 0) is 9.47 Å². The van der Waals surface area contributed by atoms with Crippen LogP contribution in [0.1, 0.15) is 37.4 Å². The van der Waals surface area contributed by atoms with Gasteiger partial charge in [-0.3, -0.25) is 4.98 Å². The Bertz CT molecular complexity index is 507. The molecule has 23 heavy (non-hydrogen) atoms. The van der Waals surface area contributed by atoms with E-state index in [0.717, 1.165) is 25.0 Å². The molecule has 1 unspecified atom stereocenters. The fraction of sp³-hybridized carbons (Fsp3) is 0.647. The Hall–Kier alpha value is -1.66. The molecule has 0 spiro atoms. The van der Waals surface area contributed by atoms with Crippen LogP contribution in [-0.4, -0.2) is 43.4 Å². The van der Waals surface area contributed by atoms with Crippen molar-refractivity contribution in [1.82, 2.24) is 15.6 Å². The van der Waals surface area contributed by atoms with E-state index in [1.807, 2.05) is 12.1 Å². The molecule has 3 atom stereocenters. The first-order valence-electron chi connectivity index (χ1n) is 8.35. The van der Waals surface area contributed by atoms with Crippen molar-refractivity contribution in [2.75, 3.05) is 20.3 Å². The number of aromatic nitrogens is 1. The SMILES string of the molecule is COCC(NC(=O)N[C@H]1CCCO[C@@H]1c1ccncc1)C1CC1. The van der Waals surface area contributed by atoms with Gasteiger partial charge in [0.2, 0.25) is 0 Å². The van der Waals surface area contributed by atoms with Crippen molar-refractivity contribution in [3.8, 4) is 0 Å². The molecule has 1 aromatic rings. The molecule has 6 heteroatoms. The number of carbonyl (C=O) groups excluding carboxylic acids is 1. The summed E-state index contributed by atoms with van der Waals surface area (Å²) in [6.07, 6.45) is 7.61. The van der Waals surface area contributed by atoms with Crippen molar-refractivity contribution in [3.63, 3.8) is 0 Å². The maximum absolute atomic E-state index is 12.4. The van der Waals surface area contributed by atoms with E-state index in [0.29, 0.717) is 12.5 Å². The van der Waals surface area contributed by atoms with Crippen LogP contribution in [0.5, 0.6) is 0 Å². The molecule has 0 bridgehead atoms. The predicted molar refractivity (Wildman–Crippen MR) is 86.0 cm³/mol. The summed E-state index contributed by atoms with van der Waals surface area (Å²) in [7, 11) is 1.67. The van der Waals surface area contributed by atoms with Crippen molar-refractivity contribution < 1.29 is 14.3 Å². The summed E-state index contributed by atoms with van der Waals surface area (Å²) in [6, 6.07) is 3.84. The van der Waals surface area contributed by atoms with Crippen molar-refractivity contribution in [2.45, 2.75) is 43.9 Å². The number of nitrogens with zero attached hydrogens (tertiary/aromatic N) is 1. The maximum Gasteiger partial charge on any atom is 0.315 e. The summed E-state index contributed by atoms with van der Waals surface area (Å²) in [5.74, 6) is 0.555. The fourth-order valence-electron chi connectivity index (χ4n) is 3.16. The van der Waals surface area contributed by atoms with E-state index in [2.05, 4.69) is 15.6 Å². The van der Waals surface area contributed by atoms with Gasteiger partial charge in [0.05, 0.1) is 18.7 Å². The summed E-state index contributed by atoms with van der Waals surface area (Å²) in [5, 5.41) is 6.14. The molecule has 126 valence electrons. The third-order valence-corrected chi connectivity index (χ3v) is 4.53. The monoisotopic (exact) mass is 319 g/mol. The second-order valence-electron chi connectivity index (χ2n) is 6.34. The van der Waals surface area contributed by atoms with Gasteiger partial charge < -0.3 is 20.1 Å². The Morgan fingerprint density at radius 3 is 2.87 bits per heavy atom. The van der Waals surface area contributed by atoms with Gasteiger partial charge >= 0.3 is 6.03 Å². The van der Waals surface area contributed by atoms with Gasteiger partial charge in [0, 0.05) is 26.1 Å². The van der Waals surface area contributed by atoms with Gasteiger partial charge in [0.25, 0.3) is 0 Å². The Morgan fingerprint density at radius 2 is 2.17 bits per heavy atom. The second-order valence-corrected chi connectivity index (χ2v) is 6.34. The molecule has 2 fully saturated rings. The van der Waals surface area contributed by atoms with Crippen molar-refractivity contribution in [1.29, 1.82) is 0 Å². The van der Waals surface area contributed by atoms with Crippen LogP contribution in [0.25, 0.3) is 0 Å². The third-order valence-electron chi connectivity index (χ3n) is 4.53. The maximum atomic E-state index is 12.4. The van der Waals surface area contributed by atoms with E-state index in [9.17, 15) is 4.79 Å². The van der Waals surface area contributed by atoms with E-state index >= 15 is 0 Å². The number of hydrogen-bond acceptors (Lipinski definition) is 4. The average molecular weight is 319 g/mol. The second kappa shape index (κ2) is 7.75. The van der Waals surface area contributed by atoms with Gasteiger partial charge in [-0.2, -0.15) is 0 Å². The molecule has 6 nitrogen and oxygen atoms in total. The Balaban J connectivity index is 1.59. The highest BCUT2D eigenvalue weighted by Gasteiger charge is 2.34. The van der Waals surface area contributed by atoms with Gasteiger partial charge in [-0.25, -0.2) is 4.79 Å². The molecule has 1 aliphatic heterocycles. The highest BCUT2D eigenvalue weighted by molar-refractivity contribution is 5.74. The molecular weight excluding hydrogens is 294 g/mol. The van der Waals surface area contributed by atoms with Gasteiger partial charge in [-0.05, 0) is 49.3 Å². The van der Waals surface area contributed by atoms with Gasteiger partial charge in [0.15, 0.2) is 0 Å². The lowest BCUT2D eigenvalue weighted by atomic mass is 9.97. The highest BCUT2D eigenvalue weighted by atomic mass is 16.5. The van der Waals surface area contributed by atoms with Gasteiger partial charge in [-0.15, -0.1) is 0 Å². The molecular formula is C17H25N3O3. The zero-order chi connectivity index (χ0) is 16.1. The number of nitrogens with one attached hydrogen (secondary N) is 2. The molecule has 1 saturated carbocycles. The van der Waals surface area contributed by atoms with Gasteiger partial charge in [0.1, 0.15) is 6.10 Å². The summed E-state index contributed by atoms with van der Waals surface area (Å²) in [4.78, 5) is 16.4. The van der Waals surface area contributed by atoms with Crippen LogP contribution >= 0.6 is 0 Å². The van der Waals surface area contributed by atoms with E-state index in [-0.39, 0.29) is 24.2 Å². The standard InChI is InChI=1S/C17H25N3O3/c1-22-11-15(12-4-5-12)20-17(21)19-14-3-2-10-23-16(14)13-6-8-18-9-7-13/h6-9,12,14-16H,2-5,10-11H2,1H3,(H2,19,20,21)/t14-,15?,16+/m0/s1. The summed E-state index contributed by atoms with van der Waals surface area (Å²) < 4.78 is 11.1. The lowest BCUT2D eigenvalue weighted by Gasteiger charge is -2.33. The minimum Gasteiger partial charge on any atom is -0.383 e. The lowest BCUT2D eigenvalue weighted by Crippen LogP contribution is -2.51. The molecule has 0 radical (unpaired) electrons. The number of amides is 2. The molecule has 2 aliphatic rings. The molecule has 0 aromatic carbocycles. The Labute approximate surface area is 137 Å². The summed E-state index contributed by atoms with van der Waals surface area (Å²) in [6.45, 7) is 1.29. The predicted octanol–water partition coefficient (Wildman–Crippen LogP) is 2.03. The molecule has 1 aromatic heterocycles. The average Bonchev–Trinajstić information content (AvgIpc) is 3.41. The molecule has 3 rings (SSSR count). The number of rotatable bonds is 6.